The van der Waals surface area contributed by atoms with Gasteiger partial charge in [0.05, 0.1) is 17.6 Å². The van der Waals surface area contributed by atoms with Crippen LogP contribution in [0.4, 0.5) is 5.69 Å². The molecule has 4 rings (SSSR count). The van der Waals surface area contributed by atoms with Gasteiger partial charge >= 0.3 is 5.97 Å². The van der Waals surface area contributed by atoms with Crippen LogP contribution in [0.5, 0.6) is 0 Å². The molecule has 6 nitrogen and oxygen atoms in total. The van der Waals surface area contributed by atoms with Crippen LogP contribution in [0.15, 0.2) is 42.6 Å². The van der Waals surface area contributed by atoms with E-state index in [0.29, 0.717) is 31.5 Å². The van der Waals surface area contributed by atoms with Crippen LogP contribution in [0.2, 0.25) is 0 Å². The molecule has 6 heteroatoms. The number of benzene rings is 1. The summed E-state index contributed by atoms with van der Waals surface area (Å²) >= 11 is 0. The van der Waals surface area contributed by atoms with Gasteiger partial charge in [0.2, 0.25) is 5.91 Å². The highest BCUT2D eigenvalue weighted by atomic mass is 16.5. The summed E-state index contributed by atoms with van der Waals surface area (Å²) < 4.78 is 5.32. The molecule has 31 heavy (non-hydrogen) atoms. The molecule has 164 valence electrons. The van der Waals surface area contributed by atoms with Crippen molar-refractivity contribution in [3.8, 4) is 11.3 Å². The Balaban J connectivity index is 1.33. The minimum absolute atomic E-state index is 0.0140. The average Bonchev–Trinajstić information content (AvgIpc) is 2.80. The summed E-state index contributed by atoms with van der Waals surface area (Å²) in [5.41, 5.74) is 3.96. The Labute approximate surface area is 183 Å². The lowest BCUT2D eigenvalue weighted by molar-refractivity contribution is -0.138. The van der Waals surface area contributed by atoms with E-state index in [0.717, 1.165) is 55.5 Å². The third-order valence-corrected chi connectivity index (χ3v) is 6.61. The van der Waals surface area contributed by atoms with Crippen molar-refractivity contribution in [3.63, 3.8) is 0 Å². The molecule has 2 heterocycles. The fraction of sp³-hybridized carbons (Fsp3) is 0.480. The lowest BCUT2D eigenvalue weighted by Crippen LogP contribution is -2.28. The van der Waals surface area contributed by atoms with E-state index in [1.165, 1.54) is 5.56 Å². The van der Waals surface area contributed by atoms with Gasteiger partial charge in [0.25, 0.3) is 0 Å². The van der Waals surface area contributed by atoms with Gasteiger partial charge in [-0.25, -0.2) is 0 Å². The van der Waals surface area contributed by atoms with Gasteiger partial charge in [-0.05, 0) is 68.1 Å². The number of ether oxygens (including phenoxy) is 1. The highest BCUT2D eigenvalue weighted by Crippen LogP contribution is 2.37. The largest absolute Gasteiger partial charge is 0.481 e. The number of carboxylic acid groups (broad SMARTS) is 1. The van der Waals surface area contributed by atoms with Crippen LogP contribution in [0.25, 0.3) is 11.3 Å². The Hall–Kier alpha value is -2.73. The van der Waals surface area contributed by atoms with Gasteiger partial charge in [0, 0.05) is 31.1 Å². The molecule has 1 aliphatic heterocycles. The molecule has 1 saturated heterocycles. The van der Waals surface area contributed by atoms with Gasteiger partial charge in [-0.3, -0.25) is 14.6 Å². The Bertz CT molecular complexity index is 881. The number of hydrogen-bond donors (Lipinski definition) is 2. The van der Waals surface area contributed by atoms with E-state index < -0.39 is 5.97 Å². The van der Waals surface area contributed by atoms with Crippen molar-refractivity contribution in [3.05, 3.63) is 48.2 Å². The first-order chi connectivity index (χ1) is 15.1. The number of nitrogens with one attached hydrogen (secondary N) is 1. The molecule has 1 amide bonds. The van der Waals surface area contributed by atoms with E-state index in [1.807, 2.05) is 12.1 Å². The van der Waals surface area contributed by atoms with Crippen molar-refractivity contribution >= 4 is 17.6 Å². The molecule has 0 atom stereocenters. The predicted molar refractivity (Wildman–Crippen MR) is 119 cm³/mol. The molecule has 0 spiro atoms. The first-order valence-electron chi connectivity index (χ1n) is 11.3. The molecule has 1 aromatic carbocycles. The molecule has 2 aromatic rings. The van der Waals surface area contributed by atoms with E-state index in [9.17, 15) is 9.59 Å². The van der Waals surface area contributed by atoms with Crippen LogP contribution in [0.1, 0.15) is 56.4 Å². The number of rotatable bonds is 6. The topological polar surface area (TPSA) is 88.5 Å². The summed E-state index contributed by atoms with van der Waals surface area (Å²) in [4.78, 5) is 27.8. The van der Waals surface area contributed by atoms with Crippen molar-refractivity contribution in [2.24, 2.45) is 11.8 Å². The molecule has 0 radical (unpaired) electrons. The number of carbonyl (C=O) groups is 2. The zero-order chi connectivity index (χ0) is 21.6. The monoisotopic (exact) mass is 422 g/mol. The maximum absolute atomic E-state index is 12.4. The third kappa shape index (κ3) is 5.70. The normalized spacial score (nSPS) is 22.1. The molecular formula is C25H30N2O4. The summed E-state index contributed by atoms with van der Waals surface area (Å²) in [7, 11) is 0. The number of aromatic nitrogens is 1. The van der Waals surface area contributed by atoms with Crippen LogP contribution < -0.4 is 5.32 Å². The Morgan fingerprint density at radius 1 is 0.968 bits per heavy atom. The number of nitrogens with zero attached hydrogens (tertiary/aromatic N) is 1. The Morgan fingerprint density at radius 2 is 1.68 bits per heavy atom. The first kappa shape index (κ1) is 21.5. The molecule has 1 saturated carbocycles. The quantitative estimate of drug-likeness (QED) is 0.694. The molecule has 1 aromatic heterocycles. The van der Waals surface area contributed by atoms with E-state index in [-0.39, 0.29) is 11.8 Å². The fourth-order valence-electron chi connectivity index (χ4n) is 4.72. The first-order valence-corrected chi connectivity index (χ1v) is 11.3. The van der Waals surface area contributed by atoms with Crippen molar-refractivity contribution in [1.29, 1.82) is 0 Å². The van der Waals surface area contributed by atoms with Gasteiger partial charge < -0.3 is 15.2 Å². The number of hydrogen-bond acceptors (Lipinski definition) is 4. The molecular weight excluding hydrogens is 392 g/mol. The summed E-state index contributed by atoms with van der Waals surface area (Å²) in [5, 5.41) is 11.9. The number of aliphatic carboxylic acids is 1. The fourth-order valence-corrected chi connectivity index (χ4v) is 4.72. The van der Waals surface area contributed by atoms with Gasteiger partial charge in [0.15, 0.2) is 0 Å². The van der Waals surface area contributed by atoms with Crippen LogP contribution in [0.3, 0.4) is 0 Å². The summed E-state index contributed by atoms with van der Waals surface area (Å²) in [5.74, 6) is 0.201. The van der Waals surface area contributed by atoms with Gasteiger partial charge in [-0.1, -0.05) is 24.3 Å². The van der Waals surface area contributed by atoms with Crippen LogP contribution in [0, 0.1) is 11.8 Å². The Morgan fingerprint density at radius 3 is 2.29 bits per heavy atom. The number of pyridine rings is 1. The molecule has 2 N–H and O–H groups in total. The van der Waals surface area contributed by atoms with Crippen LogP contribution in [-0.2, 0) is 14.3 Å². The average molecular weight is 423 g/mol. The second kappa shape index (κ2) is 10.1. The third-order valence-electron chi connectivity index (χ3n) is 6.61. The van der Waals surface area contributed by atoms with Crippen LogP contribution in [-0.4, -0.2) is 35.2 Å². The molecule has 0 bridgehead atoms. The SMILES string of the molecule is O=C(O)CC1CCC(c2ccc(-c3ccc(NC(=O)C4CCOCC4)cn3)cc2)CC1. The number of carboxylic acids is 1. The summed E-state index contributed by atoms with van der Waals surface area (Å²) in [6, 6.07) is 12.4. The highest BCUT2D eigenvalue weighted by molar-refractivity contribution is 5.92. The molecule has 2 aliphatic rings. The zero-order valence-electron chi connectivity index (χ0n) is 17.8. The van der Waals surface area contributed by atoms with E-state index in [1.54, 1.807) is 6.20 Å². The maximum atomic E-state index is 12.4. The van der Waals surface area contributed by atoms with Crippen molar-refractivity contribution < 1.29 is 19.4 Å². The summed E-state index contributed by atoms with van der Waals surface area (Å²) in [6.07, 6.45) is 7.62. The Kier molecular flexibility index (Phi) is 6.97. The summed E-state index contributed by atoms with van der Waals surface area (Å²) in [6.45, 7) is 1.30. The van der Waals surface area contributed by atoms with Crippen molar-refractivity contribution in [2.75, 3.05) is 18.5 Å². The molecule has 0 unspecified atom stereocenters. The standard InChI is InChI=1S/C25H30N2O4/c28-24(29)15-17-1-3-18(4-2-17)19-5-7-20(8-6-19)23-10-9-22(16-26-23)27-25(30)21-11-13-31-14-12-21/h5-10,16-18,21H,1-4,11-15H2,(H,27,30)(H,28,29). The smallest absolute Gasteiger partial charge is 0.303 e. The molecule has 2 fully saturated rings. The number of carbonyl (C=O) groups excluding carboxylic acids is 1. The molecule has 1 aliphatic carbocycles. The lowest BCUT2D eigenvalue weighted by Gasteiger charge is -2.28. The minimum Gasteiger partial charge on any atom is -0.481 e. The predicted octanol–water partition coefficient (Wildman–Crippen LogP) is 4.86. The van der Waals surface area contributed by atoms with Crippen LogP contribution >= 0.6 is 0 Å². The van der Waals surface area contributed by atoms with E-state index in [4.69, 9.17) is 9.84 Å². The second-order valence-corrected chi connectivity index (χ2v) is 8.75. The second-order valence-electron chi connectivity index (χ2n) is 8.75. The lowest BCUT2D eigenvalue weighted by atomic mass is 9.77. The van der Waals surface area contributed by atoms with Gasteiger partial charge in [-0.15, -0.1) is 0 Å². The van der Waals surface area contributed by atoms with E-state index >= 15 is 0 Å². The maximum Gasteiger partial charge on any atom is 0.303 e. The van der Waals surface area contributed by atoms with E-state index in [2.05, 4.69) is 34.6 Å². The highest BCUT2D eigenvalue weighted by Gasteiger charge is 2.24. The van der Waals surface area contributed by atoms with Gasteiger partial charge in [-0.2, -0.15) is 0 Å². The zero-order valence-corrected chi connectivity index (χ0v) is 17.8. The van der Waals surface area contributed by atoms with Crippen molar-refractivity contribution in [2.45, 2.75) is 50.9 Å². The van der Waals surface area contributed by atoms with Gasteiger partial charge in [0.1, 0.15) is 0 Å². The number of anilines is 1. The number of amides is 1. The minimum atomic E-state index is -0.686. The van der Waals surface area contributed by atoms with Crippen molar-refractivity contribution in [1.82, 2.24) is 4.98 Å².